The predicted molar refractivity (Wildman–Crippen MR) is 113 cm³/mol. The highest BCUT2D eigenvalue weighted by molar-refractivity contribution is 7.89. The van der Waals surface area contributed by atoms with Gasteiger partial charge in [0.1, 0.15) is 4.90 Å². The van der Waals surface area contributed by atoms with Crippen LogP contribution in [0.25, 0.3) is 0 Å². The van der Waals surface area contributed by atoms with Crippen LogP contribution in [0.15, 0.2) is 71.8 Å². The Balaban J connectivity index is 1.42. The molecule has 29 heavy (non-hydrogen) atoms. The minimum absolute atomic E-state index is 0.310. The molecule has 2 heterocycles. The summed E-state index contributed by atoms with van der Waals surface area (Å²) in [6.07, 6.45) is 1.66. The first kappa shape index (κ1) is 19.8. The smallest absolute Gasteiger partial charge is 0.246 e. The van der Waals surface area contributed by atoms with Crippen molar-refractivity contribution in [3.8, 4) is 0 Å². The van der Waals surface area contributed by atoms with Gasteiger partial charge in [0.15, 0.2) is 0 Å². The molecular formula is C22H26N4O2S. The lowest BCUT2D eigenvalue weighted by Crippen LogP contribution is -2.48. The Morgan fingerprint density at radius 2 is 1.38 bits per heavy atom. The Labute approximate surface area is 172 Å². The molecule has 1 aliphatic heterocycles. The molecule has 7 heteroatoms. The summed E-state index contributed by atoms with van der Waals surface area (Å²) in [7, 11) is -3.54. The largest absolute Gasteiger partial charge is 0.296 e. The lowest BCUT2D eigenvalue weighted by Gasteiger charge is -2.33. The van der Waals surface area contributed by atoms with Crippen molar-refractivity contribution in [3.05, 3.63) is 83.7 Å². The lowest BCUT2D eigenvalue weighted by molar-refractivity contribution is 0.181. The van der Waals surface area contributed by atoms with E-state index in [2.05, 4.69) is 22.1 Å². The van der Waals surface area contributed by atoms with Crippen LogP contribution in [0.5, 0.6) is 0 Å². The third-order valence-corrected chi connectivity index (χ3v) is 7.29. The molecule has 1 fully saturated rings. The van der Waals surface area contributed by atoms with Gasteiger partial charge >= 0.3 is 0 Å². The number of sulfonamides is 1. The quantitative estimate of drug-likeness (QED) is 0.627. The monoisotopic (exact) mass is 410 g/mol. The Morgan fingerprint density at radius 1 is 0.828 bits per heavy atom. The van der Waals surface area contributed by atoms with Crippen molar-refractivity contribution in [1.82, 2.24) is 19.0 Å². The second-order valence-corrected chi connectivity index (χ2v) is 9.33. The van der Waals surface area contributed by atoms with E-state index >= 15 is 0 Å². The summed E-state index contributed by atoms with van der Waals surface area (Å²) in [6.45, 7) is 5.62. The summed E-state index contributed by atoms with van der Waals surface area (Å²) >= 11 is 0. The number of rotatable bonds is 6. The summed E-state index contributed by atoms with van der Waals surface area (Å²) in [4.78, 5) is 2.61. The molecule has 2 aromatic carbocycles. The zero-order valence-corrected chi connectivity index (χ0v) is 17.4. The SMILES string of the molecule is Cc1nn(Cc2ccccc2)cc1S(=O)(=O)N1CCN(Cc2ccccc2)CC1. The predicted octanol–water partition coefficient (Wildman–Crippen LogP) is 2.75. The first-order chi connectivity index (χ1) is 14.0. The van der Waals surface area contributed by atoms with E-state index in [1.807, 2.05) is 48.5 Å². The number of aromatic nitrogens is 2. The highest BCUT2D eigenvalue weighted by Crippen LogP contribution is 2.21. The molecule has 0 amide bonds. The fourth-order valence-electron chi connectivity index (χ4n) is 3.71. The minimum Gasteiger partial charge on any atom is -0.296 e. The van der Waals surface area contributed by atoms with Gasteiger partial charge < -0.3 is 0 Å². The standard InChI is InChI=1S/C22H26N4O2S/c1-19-22(18-25(23-19)17-21-10-6-3-7-11-21)29(27,28)26-14-12-24(13-15-26)16-20-8-4-2-5-9-20/h2-11,18H,12-17H2,1H3. The van der Waals surface area contributed by atoms with Crippen LogP contribution in [0.2, 0.25) is 0 Å². The van der Waals surface area contributed by atoms with Crippen molar-refractivity contribution in [2.24, 2.45) is 0 Å². The molecule has 0 saturated carbocycles. The van der Waals surface area contributed by atoms with E-state index in [4.69, 9.17) is 0 Å². The van der Waals surface area contributed by atoms with E-state index in [1.165, 1.54) is 5.56 Å². The van der Waals surface area contributed by atoms with Gasteiger partial charge in [-0.1, -0.05) is 60.7 Å². The number of nitrogens with zero attached hydrogens (tertiary/aromatic N) is 4. The summed E-state index contributed by atoms with van der Waals surface area (Å²) in [5.41, 5.74) is 2.89. The Bertz CT molecular complexity index is 1040. The topological polar surface area (TPSA) is 58.4 Å². The minimum atomic E-state index is -3.54. The molecule has 152 valence electrons. The molecule has 1 aliphatic rings. The fourth-order valence-corrected chi connectivity index (χ4v) is 5.30. The number of benzene rings is 2. The third kappa shape index (κ3) is 4.58. The van der Waals surface area contributed by atoms with Crippen LogP contribution in [0.1, 0.15) is 16.8 Å². The highest BCUT2D eigenvalue weighted by atomic mass is 32.2. The maximum absolute atomic E-state index is 13.2. The van der Waals surface area contributed by atoms with Gasteiger partial charge in [0.05, 0.1) is 12.2 Å². The molecule has 4 rings (SSSR count). The normalized spacial score (nSPS) is 16.2. The summed E-state index contributed by atoms with van der Waals surface area (Å²) in [6, 6.07) is 20.2. The van der Waals surface area contributed by atoms with Crippen molar-refractivity contribution >= 4 is 10.0 Å². The molecule has 6 nitrogen and oxygen atoms in total. The van der Waals surface area contributed by atoms with E-state index in [9.17, 15) is 8.42 Å². The summed E-state index contributed by atoms with van der Waals surface area (Å²) in [5, 5.41) is 4.44. The van der Waals surface area contributed by atoms with Crippen LogP contribution in [-0.2, 0) is 23.1 Å². The van der Waals surface area contributed by atoms with Crippen molar-refractivity contribution in [1.29, 1.82) is 0 Å². The van der Waals surface area contributed by atoms with Gasteiger partial charge in [0, 0.05) is 38.9 Å². The molecule has 0 atom stereocenters. The number of aryl methyl sites for hydroxylation is 1. The van der Waals surface area contributed by atoms with Gasteiger partial charge in [0.25, 0.3) is 0 Å². The Kier molecular flexibility index (Phi) is 5.80. The summed E-state index contributed by atoms with van der Waals surface area (Å²) < 4.78 is 29.7. The number of hydrogen-bond donors (Lipinski definition) is 0. The molecule has 0 N–H and O–H groups in total. The molecule has 0 spiro atoms. The maximum atomic E-state index is 13.2. The van der Waals surface area contributed by atoms with Crippen LogP contribution < -0.4 is 0 Å². The average molecular weight is 411 g/mol. The van der Waals surface area contributed by atoms with Crippen molar-refractivity contribution in [2.75, 3.05) is 26.2 Å². The van der Waals surface area contributed by atoms with Gasteiger partial charge in [-0.25, -0.2) is 8.42 Å². The second kappa shape index (κ2) is 8.49. The molecule has 3 aromatic rings. The molecule has 1 saturated heterocycles. The Hall–Kier alpha value is -2.48. The van der Waals surface area contributed by atoms with Crippen LogP contribution >= 0.6 is 0 Å². The van der Waals surface area contributed by atoms with Crippen LogP contribution in [-0.4, -0.2) is 53.6 Å². The van der Waals surface area contributed by atoms with Crippen LogP contribution in [0.3, 0.4) is 0 Å². The number of piperazine rings is 1. The van der Waals surface area contributed by atoms with E-state index in [0.717, 1.165) is 25.2 Å². The fraction of sp³-hybridized carbons (Fsp3) is 0.318. The third-order valence-electron chi connectivity index (χ3n) is 5.29. The lowest BCUT2D eigenvalue weighted by atomic mass is 10.2. The van der Waals surface area contributed by atoms with Crippen molar-refractivity contribution in [2.45, 2.75) is 24.9 Å². The van der Waals surface area contributed by atoms with Gasteiger partial charge in [-0.3, -0.25) is 9.58 Å². The molecule has 0 radical (unpaired) electrons. The highest BCUT2D eigenvalue weighted by Gasteiger charge is 2.31. The molecule has 0 unspecified atom stereocenters. The van der Waals surface area contributed by atoms with Gasteiger partial charge in [-0.2, -0.15) is 9.40 Å². The van der Waals surface area contributed by atoms with Crippen molar-refractivity contribution < 1.29 is 8.42 Å². The van der Waals surface area contributed by atoms with Crippen LogP contribution in [0, 0.1) is 6.92 Å². The van der Waals surface area contributed by atoms with E-state index in [0.29, 0.717) is 30.2 Å². The molecular weight excluding hydrogens is 384 g/mol. The zero-order chi connectivity index (χ0) is 20.3. The van der Waals surface area contributed by atoms with E-state index < -0.39 is 10.0 Å². The maximum Gasteiger partial charge on any atom is 0.246 e. The zero-order valence-electron chi connectivity index (χ0n) is 16.6. The molecule has 0 aliphatic carbocycles. The number of hydrogen-bond acceptors (Lipinski definition) is 4. The van der Waals surface area contributed by atoms with Crippen molar-refractivity contribution in [3.63, 3.8) is 0 Å². The second-order valence-electron chi connectivity index (χ2n) is 7.43. The van der Waals surface area contributed by atoms with Crippen LogP contribution in [0.4, 0.5) is 0 Å². The first-order valence-corrected chi connectivity index (χ1v) is 11.3. The first-order valence-electron chi connectivity index (χ1n) is 9.87. The van der Waals surface area contributed by atoms with E-state index in [1.54, 1.807) is 22.1 Å². The van der Waals surface area contributed by atoms with E-state index in [-0.39, 0.29) is 0 Å². The van der Waals surface area contributed by atoms with Gasteiger partial charge in [-0.05, 0) is 18.1 Å². The molecule has 0 bridgehead atoms. The van der Waals surface area contributed by atoms with Gasteiger partial charge in [0.2, 0.25) is 10.0 Å². The average Bonchev–Trinajstić information content (AvgIpc) is 3.11. The summed E-state index contributed by atoms with van der Waals surface area (Å²) in [5.74, 6) is 0. The van der Waals surface area contributed by atoms with Gasteiger partial charge in [-0.15, -0.1) is 0 Å². The molecule has 1 aromatic heterocycles. The Morgan fingerprint density at radius 3 is 1.97 bits per heavy atom.